The second kappa shape index (κ2) is 4.77. The van der Waals surface area contributed by atoms with Gasteiger partial charge in [0, 0.05) is 5.41 Å². The molecular weight excluding hydrogens is 284 g/mol. The highest BCUT2D eigenvalue weighted by atomic mass is 16.3. The molecule has 0 aliphatic heterocycles. The van der Waals surface area contributed by atoms with Crippen molar-refractivity contribution in [3.63, 3.8) is 0 Å². The van der Waals surface area contributed by atoms with Crippen molar-refractivity contribution < 1.29 is 10.2 Å². The molecule has 0 radical (unpaired) electrons. The summed E-state index contributed by atoms with van der Waals surface area (Å²) in [5.41, 5.74) is 2.97. The Morgan fingerprint density at radius 3 is 2.74 bits per heavy atom. The minimum atomic E-state index is -0.924. The van der Waals surface area contributed by atoms with Crippen molar-refractivity contribution in [2.45, 2.75) is 63.9 Å². The number of aliphatic hydroxyl groups is 1. The Hall–Kier alpha value is -1.46. The lowest BCUT2D eigenvalue weighted by molar-refractivity contribution is -0.0647. The van der Waals surface area contributed by atoms with E-state index in [9.17, 15) is 10.2 Å². The maximum Gasteiger partial charge on any atom is 0.130 e. The maximum atomic E-state index is 11.0. The summed E-state index contributed by atoms with van der Waals surface area (Å²) in [7, 11) is 0. The van der Waals surface area contributed by atoms with E-state index in [1.807, 2.05) is 12.1 Å². The van der Waals surface area contributed by atoms with E-state index in [0.717, 1.165) is 38.5 Å². The standard InChI is InChI=1S/C21H26O2/c1-4-21(23)10-8-18-16-6-5-14-12-15(22)11-13(2)19(14)17(16)7-9-20(18,21)3/h1,11-12,16-18,22-23H,5-10H2,2-3H3/t16-,17-,18-,20-,21+/m0/s1. The number of benzene rings is 1. The lowest BCUT2D eigenvalue weighted by Gasteiger charge is -2.52. The minimum Gasteiger partial charge on any atom is -0.508 e. The number of aromatic hydroxyl groups is 1. The highest BCUT2D eigenvalue weighted by molar-refractivity contribution is 5.46. The molecule has 0 spiro atoms. The third-order valence-electron chi connectivity index (χ3n) is 7.40. The van der Waals surface area contributed by atoms with E-state index >= 15 is 0 Å². The first-order valence-electron chi connectivity index (χ1n) is 8.92. The molecule has 23 heavy (non-hydrogen) atoms. The normalized spacial score (nSPS) is 41.6. The summed E-state index contributed by atoms with van der Waals surface area (Å²) < 4.78 is 0. The summed E-state index contributed by atoms with van der Waals surface area (Å²) in [5.74, 6) is 4.83. The second-order valence-electron chi connectivity index (χ2n) is 8.25. The van der Waals surface area contributed by atoms with Crippen LogP contribution >= 0.6 is 0 Å². The molecule has 2 N–H and O–H groups in total. The molecule has 2 fully saturated rings. The summed E-state index contributed by atoms with van der Waals surface area (Å²) >= 11 is 0. The zero-order valence-corrected chi connectivity index (χ0v) is 14.1. The van der Waals surface area contributed by atoms with Crippen LogP contribution in [0.25, 0.3) is 0 Å². The number of hydrogen-bond acceptors (Lipinski definition) is 2. The first-order valence-corrected chi connectivity index (χ1v) is 8.92. The van der Waals surface area contributed by atoms with E-state index in [1.165, 1.54) is 16.7 Å². The van der Waals surface area contributed by atoms with Crippen LogP contribution in [0.1, 0.15) is 61.6 Å². The Morgan fingerprint density at radius 2 is 2.00 bits per heavy atom. The van der Waals surface area contributed by atoms with E-state index in [1.54, 1.807) is 0 Å². The highest BCUT2D eigenvalue weighted by Crippen LogP contribution is 2.64. The number of phenolic OH excluding ortho intramolecular Hbond substituents is 1. The zero-order valence-electron chi connectivity index (χ0n) is 14.1. The van der Waals surface area contributed by atoms with Crippen molar-refractivity contribution in [1.82, 2.24) is 0 Å². The molecule has 5 atom stereocenters. The summed E-state index contributed by atoms with van der Waals surface area (Å²) in [4.78, 5) is 0. The van der Waals surface area contributed by atoms with Crippen LogP contribution < -0.4 is 0 Å². The van der Waals surface area contributed by atoms with Gasteiger partial charge in [-0.3, -0.25) is 0 Å². The number of terminal acetylenes is 1. The van der Waals surface area contributed by atoms with Gasteiger partial charge in [-0.05, 0) is 92.0 Å². The van der Waals surface area contributed by atoms with Gasteiger partial charge in [-0.25, -0.2) is 0 Å². The number of aryl methyl sites for hydroxylation is 2. The predicted molar refractivity (Wildman–Crippen MR) is 91.2 cm³/mol. The van der Waals surface area contributed by atoms with Gasteiger partial charge in [0.05, 0.1) is 0 Å². The molecule has 2 heteroatoms. The fourth-order valence-electron chi connectivity index (χ4n) is 6.21. The average Bonchev–Trinajstić information content (AvgIpc) is 2.79. The summed E-state index contributed by atoms with van der Waals surface area (Å²) in [6.45, 7) is 4.35. The van der Waals surface area contributed by atoms with Gasteiger partial charge in [-0.15, -0.1) is 6.42 Å². The van der Waals surface area contributed by atoms with Crippen LogP contribution in [0.4, 0.5) is 0 Å². The van der Waals surface area contributed by atoms with Crippen molar-refractivity contribution in [2.75, 3.05) is 0 Å². The van der Waals surface area contributed by atoms with E-state index in [-0.39, 0.29) is 5.41 Å². The van der Waals surface area contributed by atoms with E-state index < -0.39 is 5.60 Å². The molecule has 2 nitrogen and oxygen atoms in total. The first kappa shape index (κ1) is 15.1. The molecule has 0 bridgehead atoms. The summed E-state index contributed by atoms with van der Waals surface area (Å²) in [5, 5.41) is 20.9. The van der Waals surface area contributed by atoms with Gasteiger partial charge in [0.25, 0.3) is 0 Å². The Morgan fingerprint density at radius 1 is 1.22 bits per heavy atom. The second-order valence-corrected chi connectivity index (χ2v) is 8.25. The molecule has 1 aromatic rings. The van der Waals surface area contributed by atoms with E-state index in [4.69, 9.17) is 6.42 Å². The van der Waals surface area contributed by atoms with Crippen LogP contribution in [-0.4, -0.2) is 15.8 Å². The van der Waals surface area contributed by atoms with Crippen LogP contribution in [0.5, 0.6) is 5.75 Å². The first-order chi connectivity index (χ1) is 10.9. The van der Waals surface area contributed by atoms with Gasteiger partial charge in [-0.2, -0.15) is 0 Å². The van der Waals surface area contributed by atoms with Gasteiger partial charge >= 0.3 is 0 Å². The van der Waals surface area contributed by atoms with Gasteiger partial charge in [0.1, 0.15) is 11.4 Å². The molecule has 0 heterocycles. The van der Waals surface area contributed by atoms with Crippen molar-refractivity contribution >= 4 is 0 Å². The zero-order chi connectivity index (χ0) is 16.4. The Kier molecular flexibility index (Phi) is 3.13. The largest absolute Gasteiger partial charge is 0.508 e. The molecule has 0 aromatic heterocycles. The van der Waals surface area contributed by atoms with Crippen molar-refractivity contribution in [2.24, 2.45) is 17.3 Å². The smallest absolute Gasteiger partial charge is 0.130 e. The highest BCUT2D eigenvalue weighted by Gasteiger charge is 2.61. The van der Waals surface area contributed by atoms with Gasteiger partial charge < -0.3 is 10.2 Å². The lowest BCUT2D eigenvalue weighted by Crippen LogP contribution is -2.50. The third-order valence-corrected chi connectivity index (χ3v) is 7.40. The minimum absolute atomic E-state index is 0.134. The molecule has 1 aromatic carbocycles. The molecule has 2 saturated carbocycles. The molecule has 4 rings (SSSR count). The molecule has 122 valence electrons. The quantitative estimate of drug-likeness (QED) is 0.713. The third kappa shape index (κ3) is 1.86. The van der Waals surface area contributed by atoms with Crippen molar-refractivity contribution in [3.05, 3.63) is 28.8 Å². The molecule has 3 aliphatic rings. The van der Waals surface area contributed by atoms with Crippen LogP contribution in [0.3, 0.4) is 0 Å². The van der Waals surface area contributed by atoms with Gasteiger partial charge in [-0.1, -0.05) is 12.8 Å². The Labute approximate surface area is 138 Å². The molecule has 3 aliphatic carbocycles. The van der Waals surface area contributed by atoms with Crippen molar-refractivity contribution in [3.8, 4) is 18.1 Å². The fourth-order valence-corrected chi connectivity index (χ4v) is 6.21. The van der Waals surface area contributed by atoms with Gasteiger partial charge in [0.2, 0.25) is 0 Å². The number of hydrogen-bond donors (Lipinski definition) is 2. The van der Waals surface area contributed by atoms with Crippen LogP contribution in [0.15, 0.2) is 12.1 Å². The number of fused-ring (bicyclic) bond motifs is 5. The van der Waals surface area contributed by atoms with Crippen LogP contribution in [-0.2, 0) is 6.42 Å². The summed E-state index contributed by atoms with van der Waals surface area (Å²) in [6, 6.07) is 3.86. The lowest BCUT2D eigenvalue weighted by atomic mass is 9.53. The van der Waals surface area contributed by atoms with Crippen LogP contribution in [0, 0.1) is 36.5 Å². The summed E-state index contributed by atoms with van der Waals surface area (Å²) in [6.07, 6.45) is 11.8. The molecule has 0 saturated heterocycles. The number of rotatable bonds is 0. The van der Waals surface area contributed by atoms with E-state index in [0.29, 0.717) is 23.5 Å². The monoisotopic (exact) mass is 310 g/mol. The SMILES string of the molecule is C#C[C@@]1(O)CC[C@H]2[C@H]3CCc4cc(O)cc(C)c4[C@H]3CC[C@@]21C. The molecule has 0 amide bonds. The Bertz CT molecular complexity index is 701. The predicted octanol–water partition coefficient (Wildman–Crippen LogP) is 3.92. The molecular formula is C21H26O2. The van der Waals surface area contributed by atoms with Gasteiger partial charge in [0.15, 0.2) is 0 Å². The average molecular weight is 310 g/mol. The topological polar surface area (TPSA) is 40.5 Å². The molecule has 0 unspecified atom stereocenters. The van der Waals surface area contributed by atoms with E-state index in [2.05, 4.69) is 19.8 Å². The fraction of sp³-hybridized carbons (Fsp3) is 0.619. The van der Waals surface area contributed by atoms with Crippen molar-refractivity contribution in [1.29, 1.82) is 0 Å². The number of phenols is 1. The maximum absolute atomic E-state index is 11.0. The van der Waals surface area contributed by atoms with Crippen LogP contribution in [0.2, 0.25) is 0 Å². The Balaban J connectivity index is 1.75.